The van der Waals surface area contributed by atoms with Gasteiger partial charge in [0.05, 0.1) is 5.39 Å². The summed E-state index contributed by atoms with van der Waals surface area (Å²) in [5.74, 6) is 0. The molecule has 0 bridgehead atoms. The Bertz CT molecular complexity index is 613. The van der Waals surface area contributed by atoms with Gasteiger partial charge in [-0.15, -0.1) is 0 Å². The maximum absolute atomic E-state index is 5.56. The molecule has 0 unspecified atom stereocenters. The average molecular weight is 184 g/mol. The first-order chi connectivity index (χ1) is 6.84. The van der Waals surface area contributed by atoms with E-state index in [0.717, 1.165) is 22.0 Å². The van der Waals surface area contributed by atoms with Crippen molar-refractivity contribution in [2.24, 2.45) is 0 Å². The quantitative estimate of drug-likeness (QED) is 0.539. The van der Waals surface area contributed by atoms with Gasteiger partial charge in [0.2, 0.25) is 5.71 Å². The van der Waals surface area contributed by atoms with E-state index in [1.807, 2.05) is 31.3 Å². The molecule has 0 radical (unpaired) electrons. The van der Waals surface area contributed by atoms with Crippen LogP contribution in [0.2, 0.25) is 0 Å². The van der Waals surface area contributed by atoms with Crippen LogP contribution in [0, 0.1) is 6.92 Å². The summed E-state index contributed by atoms with van der Waals surface area (Å²) in [6, 6.07) is 5.83. The number of hydrogen-bond acceptors (Lipinski definition) is 3. The molecule has 68 valence electrons. The lowest BCUT2D eigenvalue weighted by Gasteiger charge is -1.89. The zero-order valence-electron chi connectivity index (χ0n) is 7.69. The smallest absolute Gasteiger partial charge is 0.228 e. The molecular formula is C11H8N2O. The van der Waals surface area contributed by atoms with E-state index >= 15 is 0 Å². The Morgan fingerprint density at radius 2 is 2.21 bits per heavy atom. The Morgan fingerprint density at radius 1 is 1.29 bits per heavy atom. The normalized spacial score (nSPS) is 11.2. The summed E-state index contributed by atoms with van der Waals surface area (Å²) in [7, 11) is 0. The highest BCUT2D eigenvalue weighted by molar-refractivity contribution is 6.00. The third-order valence-corrected chi connectivity index (χ3v) is 2.22. The third-order valence-electron chi connectivity index (χ3n) is 2.22. The topological polar surface area (TPSA) is 38.9 Å². The lowest BCUT2D eigenvalue weighted by Crippen LogP contribution is -1.76. The molecule has 14 heavy (non-hydrogen) atoms. The maximum Gasteiger partial charge on any atom is 0.228 e. The second kappa shape index (κ2) is 2.54. The van der Waals surface area contributed by atoms with E-state index < -0.39 is 0 Å². The largest absolute Gasteiger partial charge is 0.436 e. The molecule has 3 aromatic rings. The number of pyridine rings is 2. The van der Waals surface area contributed by atoms with Crippen molar-refractivity contribution < 1.29 is 4.42 Å². The van der Waals surface area contributed by atoms with Crippen molar-refractivity contribution >= 4 is 22.2 Å². The van der Waals surface area contributed by atoms with Crippen molar-refractivity contribution in [1.82, 2.24) is 9.97 Å². The summed E-state index contributed by atoms with van der Waals surface area (Å²) < 4.78 is 5.56. The summed E-state index contributed by atoms with van der Waals surface area (Å²) in [6.07, 6.45) is 3.56. The van der Waals surface area contributed by atoms with Crippen molar-refractivity contribution in [3.05, 3.63) is 36.2 Å². The van der Waals surface area contributed by atoms with E-state index in [9.17, 15) is 0 Å². The predicted molar refractivity (Wildman–Crippen MR) is 54.0 cm³/mol. The molecule has 3 heterocycles. The lowest BCUT2D eigenvalue weighted by atomic mass is 10.2. The van der Waals surface area contributed by atoms with E-state index in [4.69, 9.17) is 4.42 Å². The van der Waals surface area contributed by atoms with Crippen LogP contribution in [0.4, 0.5) is 0 Å². The fourth-order valence-electron chi connectivity index (χ4n) is 1.58. The Labute approximate surface area is 80.4 Å². The number of aryl methyl sites for hydroxylation is 1. The highest BCUT2D eigenvalue weighted by atomic mass is 16.3. The van der Waals surface area contributed by atoms with Gasteiger partial charge in [0.25, 0.3) is 0 Å². The van der Waals surface area contributed by atoms with Crippen LogP contribution in [0.15, 0.2) is 35.0 Å². The van der Waals surface area contributed by atoms with Gasteiger partial charge in [-0.3, -0.25) is 4.98 Å². The van der Waals surface area contributed by atoms with Gasteiger partial charge in [0.15, 0.2) is 5.58 Å². The molecule has 3 rings (SSSR count). The van der Waals surface area contributed by atoms with Crippen LogP contribution in [0.1, 0.15) is 5.56 Å². The monoisotopic (exact) mass is 184 g/mol. The number of rotatable bonds is 0. The zero-order chi connectivity index (χ0) is 9.54. The Kier molecular flexibility index (Phi) is 1.36. The van der Waals surface area contributed by atoms with Gasteiger partial charge in [-0.25, -0.2) is 4.98 Å². The average Bonchev–Trinajstić information content (AvgIpc) is 2.54. The molecule has 0 aliphatic rings. The molecule has 0 N–H and O–H groups in total. The van der Waals surface area contributed by atoms with Crippen molar-refractivity contribution in [3.63, 3.8) is 0 Å². The van der Waals surface area contributed by atoms with Crippen LogP contribution in [0.25, 0.3) is 22.2 Å². The van der Waals surface area contributed by atoms with Crippen LogP contribution < -0.4 is 0 Å². The number of furan rings is 1. The molecule has 0 fully saturated rings. The van der Waals surface area contributed by atoms with Gasteiger partial charge in [-0.05, 0) is 30.7 Å². The van der Waals surface area contributed by atoms with Crippen LogP contribution in [0.5, 0.6) is 0 Å². The van der Waals surface area contributed by atoms with Crippen molar-refractivity contribution in [3.8, 4) is 0 Å². The number of hydrogen-bond donors (Lipinski definition) is 0. The first-order valence-electron chi connectivity index (χ1n) is 4.44. The van der Waals surface area contributed by atoms with E-state index in [1.165, 1.54) is 0 Å². The summed E-state index contributed by atoms with van der Waals surface area (Å²) in [6.45, 7) is 1.99. The molecule has 3 aromatic heterocycles. The maximum atomic E-state index is 5.56. The minimum Gasteiger partial charge on any atom is -0.436 e. The fourth-order valence-corrected chi connectivity index (χ4v) is 1.58. The zero-order valence-corrected chi connectivity index (χ0v) is 7.69. The summed E-state index contributed by atoms with van der Waals surface area (Å²) in [4.78, 5) is 8.48. The SMILES string of the molecule is Cc1cnc2c(c1)oc1ncccc12. The van der Waals surface area contributed by atoms with E-state index in [2.05, 4.69) is 9.97 Å². The van der Waals surface area contributed by atoms with Gasteiger partial charge >= 0.3 is 0 Å². The van der Waals surface area contributed by atoms with Crippen molar-refractivity contribution in [2.75, 3.05) is 0 Å². The highest BCUT2D eigenvalue weighted by Crippen LogP contribution is 2.25. The number of nitrogens with zero attached hydrogens (tertiary/aromatic N) is 2. The first kappa shape index (κ1) is 7.50. The Balaban J connectivity index is 2.57. The predicted octanol–water partition coefficient (Wildman–Crippen LogP) is 2.68. The van der Waals surface area contributed by atoms with Crippen LogP contribution in [-0.4, -0.2) is 9.97 Å². The molecular weight excluding hydrogens is 176 g/mol. The van der Waals surface area contributed by atoms with Crippen molar-refractivity contribution in [2.45, 2.75) is 6.92 Å². The minimum absolute atomic E-state index is 0.653. The standard InChI is InChI=1S/C11H8N2O/c1-7-5-9-10(13-6-7)8-3-2-4-12-11(8)14-9/h2-6H,1H3. The van der Waals surface area contributed by atoms with Crippen LogP contribution >= 0.6 is 0 Å². The molecule has 0 amide bonds. The van der Waals surface area contributed by atoms with Gasteiger partial charge in [0, 0.05) is 12.4 Å². The van der Waals surface area contributed by atoms with E-state index in [-0.39, 0.29) is 0 Å². The van der Waals surface area contributed by atoms with Crippen molar-refractivity contribution in [1.29, 1.82) is 0 Å². The van der Waals surface area contributed by atoms with Crippen LogP contribution in [0.3, 0.4) is 0 Å². The second-order valence-corrected chi connectivity index (χ2v) is 3.32. The first-order valence-corrected chi connectivity index (χ1v) is 4.44. The van der Waals surface area contributed by atoms with Gasteiger partial charge in [-0.2, -0.15) is 0 Å². The third kappa shape index (κ3) is 0.923. The molecule has 0 saturated carbocycles. The Hall–Kier alpha value is -1.90. The molecule has 0 saturated heterocycles. The summed E-state index contributed by atoms with van der Waals surface area (Å²) in [5, 5.41) is 0.975. The minimum atomic E-state index is 0.653. The number of aromatic nitrogens is 2. The molecule has 0 aromatic carbocycles. The molecule has 3 nitrogen and oxygen atoms in total. The highest BCUT2D eigenvalue weighted by Gasteiger charge is 2.07. The molecule has 0 atom stereocenters. The van der Waals surface area contributed by atoms with Crippen LogP contribution in [-0.2, 0) is 0 Å². The van der Waals surface area contributed by atoms with Gasteiger partial charge in [-0.1, -0.05) is 0 Å². The fraction of sp³-hybridized carbons (Fsp3) is 0.0909. The molecule has 3 heteroatoms. The summed E-state index contributed by atoms with van der Waals surface area (Å²) in [5.41, 5.74) is 3.44. The molecule has 0 spiro atoms. The van der Waals surface area contributed by atoms with E-state index in [0.29, 0.717) is 5.71 Å². The second-order valence-electron chi connectivity index (χ2n) is 3.32. The van der Waals surface area contributed by atoms with Gasteiger partial charge < -0.3 is 4.42 Å². The Morgan fingerprint density at radius 3 is 3.14 bits per heavy atom. The molecule has 0 aliphatic heterocycles. The lowest BCUT2D eigenvalue weighted by molar-refractivity contribution is 0.653. The summed E-state index contributed by atoms with van der Waals surface area (Å²) >= 11 is 0. The van der Waals surface area contributed by atoms with Gasteiger partial charge in [0.1, 0.15) is 5.52 Å². The number of fused-ring (bicyclic) bond motifs is 3. The van der Waals surface area contributed by atoms with E-state index in [1.54, 1.807) is 6.20 Å². The molecule has 0 aliphatic carbocycles.